The van der Waals surface area contributed by atoms with Crippen molar-refractivity contribution in [2.24, 2.45) is 4.99 Å². The van der Waals surface area contributed by atoms with Gasteiger partial charge in [0, 0.05) is 10.4 Å². The lowest BCUT2D eigenvalue weighted by Crippen LogP contribution is -2.39. The van der Waals surface area contributed by atoms with Crippen LogP contribution in [0, 0.1) is 0 Å². The molecule has 0 saturated heterocycles. The molecule has 0 bridgehead atoms. The molecule has 3 heterocycles. The number of thiophene rings is 1. The van der Waals surface area contributed by atoms with Gasteiger partial charge >= 0.3 is 5.97 Å². The molecule has 0 spiro atoms. The van der Waals surface area contributed by atoms with Crippen molar-refractivity contribution in [1.29, 1.82) is 0 Å². The second kappa shape index (κ2) is 9.60. The van der Waals surface area contributed by atoms with Crippen LogP contribution in [0.4, 0.5) is 0 Å². The molecule has 3 aromatic rings. The van der Waals surface area contributed by atoms with E-state index in [1.165, 1.54) is 28.7 Å². The summed E-state index contributed by atoms with van der Waals surface area (Å²) in [5.41, 5.74) is 1.33. The van der Waals surface area contributed by atoms with Crippen LogP contribution in [-0.4, -0.2) is 31.4 Å². The molecule has 0 amide bonds. The number of aromatic nitrogens is 1. The number of carbonyl (C=O) groups is 1. The number of methoxy groups -OCH3 is 2. The third-order valence-electron chi connectivity index (χ3n) is 5.11. The van der Waals surface area contributed by atoms with Crippen molar-refractivity contribution in [2.45, 2.75) is 13.0 Å². The van der Waals surface area contributed by atoms with Gasteiger partial charge in [-0.1, -0.05) is 30.1 Å². The zero-order valence-electron chi connectivity index (χ0n) is 18.4. The summed E-state index contributed by atoms with van der Waals surface area (Å²) in [5.74, 6) is 0.744. The van der Waals surface area contributed by atoms with Crippen LogP contribution in [0.25, 0.3) is 6.08 Å². The highest BCUT2D eigenvalue weighted by atomic mass is 32.1. The Morgan fingerprint density at radius 1 is 1.27 bits per heavy atom. The van der Waals surface area contributed by atoms with E-state index in [4.69, 9.17) is 14.2 Å². The van der Waals surface area contributed by atoms with Crippen molar-refractivity contribution in [2.75, 3.05) is 20.8 Å². The van der Waals surface area contributed by atoms with E-state index in [1.54, 1.807) is 50.0 Å². The summed E-state index contributed by atoms with van der Waals surface area (Å²) in [7, 11) is 3.15. The van der Waals surface area contributed by atoms with Crippen molar-refractivity contribution in [1.82, 2.24) is 4.57 Å². The maximum absolute atomic E-state index is 13.6. The first-order chi connectivity index (χ1) is 16.0. The zero-order valence-corrected chi connectivity index (χ0v) is 20.0. The third-order valence-corrected chi connectivity index (χ3v) is 7.02. The molecule has 0 saturated carbocycles. The molecular formula is C24H22N2O5S2. The van der Waals surface area contributed by atoms with E-state index in [0.29, 0.717) is 37.7 Å². The fourth-order valence-electron chi connectivity index (χ4n) is 3.60. The van der Waals surface area contributed by atoms with E-state index in [2.05, 4.69) is 11.6 Å². The SMILES string of the molecule is C=CCOC(=O)C1=C(C)N=c2s/c(=C/c3cc(OC)ccc3OC)c(=O)n2[C@H]1c1cccs1. The van der Waals surface area contributed by atoms with Crippen molar-refractivity contribution in [3.63, 3.8) is 0 Å². The second-order valence-corrected chi connectivity index (χ2v) is 9.08. The predicted molar refractivity (Wildman–Crippen MR) is 129 cm³/mol. The summed E-state index contributed by atoms with van der Waals surface area (Å²) in [4.78, 5) is 32.4. The Morgan fingerprint density at radius 2 is 2.09 bits per heavy atom. The van der Waals surface area contributed by atoms with E-state index < -0.39 is 12.0 Å². The first-order valence-electron chi connectivity index (χ1n) is 10.0. The van der Waals surface area contributed by atoms with Crippen LogP contribution in [0.5, 0.6) is 11.5 Å². The molecule has 33 heavy (non-hydrogen) atoms. The molecule has 0 N–H and O–H groups in total. The van der Waals surface area contributed by atoms with E-state index in [0.717, 1.165) is 4.88 Å². The van der Waals surface area contributed by atoms with Gasteiger partial charge in [-0.2, -0.15) is 0 Å². The number of nitrogens with zero attached hydrogens (tertiary/aromatic N) is 2. The second-order valence-electron chi connectivity index (χ2n) is 7.09. The average Bonchev–Trinajstić information content (AvgIpc) is 3.45. The number of carbonyl (C=O) groups excluding carboxylic acids is 1. The van der Waals surface area contributed by atoms with Gasteiger partial charge < -0.3 is 14.2 Å². The molecule has 0 aliphatic carbocycles. The van der Waals surface area contributed by atoms with Gasteiger partial charge in [0.05, 0.1) is 30.0 Å². The lowest BCUT2D eigenvalue weighted by molar-refractivity contribution is -0.138. The van der Waals surface area contributed by atoms with Crippen molar-refractivity contribution in [3.8, 4) is 11.5 Å². The predicted octanol–water partition coefficient (Wildman–Crippen LogP) is 3.04. The molecule has 0 unspecified atom stereocenters. The van der Waals surface area contributed by atoms with E-state index in [9.17, 15) is 9.59 Å². The van der Waals surface area contributed by atoms with Gasteiger partial charge in [-0.25, -0.2) is 9.79 Å². The van der Waals surface area contributed by atoms with E-state index >= 15 is 0 Å². The minimum atomic E-state index is -0.618. The minimum Gasteiger partial charge on any atom is -0.497 e. The topological polar surface area (TPSA) is 79.1 Å². The van der Waals surface area contributed by atoms with Crippen molar-refractivity contribution < 1.29 is 19.0 Å². The maximum atomic E-state index is 13.6. The van der Waals surface area contributed by atoms with Gasteiger partial charge in [0.25, 0.3) is 5.56 Å². The molecule has 2 aromatic heterocycles. The van der Waals surface area contributed by atoms with Crippen LogP contribution in [0.1, 0.15) is 23.4 Å². The molecule has 1 aliphatic rings. The van der Waals surface area contributed by atoms with Gasteiger partial charge in [0.1, 0.15) is 24.1 Å². The molecule has 7 nitrogen and oxygen atoms in total. The van der Waals surface area contributed by atoms with Crippen LogP contribution in [0.15, 0.2) is 69.4 Å². The lowest BCUT2D eigenvalue weighted by atomic mass is 10.0. The summed E-state index contributed by atoms with van der Waals surface area (Å²) >= 11 is 2.73. The molecular weight excluding hydrogens is 460 g/mol. The summed E-state index contributed by atoms with van der Waals surface area (Å²) in [5, 5.41) is 1.91. The molecule has 1 aromatic carbocycles. The van der Waals surface area contributed by atoms with E-state index in [-0.39, 0.29) is 12.2 Å². The highest BCUT2D eigenvalue weighted by molar-refractivity contribution is 7.10. The Balaban J connectivity index is 1.92. The monoisotopic (exact) mass is 482 g/mol. The average molecular weight is 483 g/mol. The number of fused-ring (bicyclic) bond motifs is 1. The summed E-state index contributed by atoms with van der Waals surface area (Å²) in [6.07, 6.45) is 3.26. The lowest BCUT2D eigenvalue weighted by Gasteiger charge is -2.23. The minimum absolute atomic E-state index is 0.0762. The Bertz CT molecular complexity index is 1410. The normalized spacial score (nSPS) is 15.6. The van der Waals surface area contributed by atoms with Crippen LogP contribution < -0.4 is 24.4 Å². The number of ether oxygens (including phenoxy) is 3. The fraction of sp³-hybridized carbons (Fsp3) is 0.208. The molecule has 0 fully saturated rings. The molecule has 170 valence electrons. The highest BCUT2D eigenvalue weighted by Gasteiger charge is 2.33. The molecule has 1 aliphatic heterocycles. The highest BCUT2D eigenvalue weighted by Crippen LogP contribution is 2.33. The van der Waals surface area contributed by atoms with Crippen molar-refractivity contribution >= 4 is 34.7 Å². The molecule has 4 rings (SSSR count). The zero-order chi connectivity index (χ0) is 23.5. The molecule has 0 radical (unpaired) electrons. The molecule has 9 heteroatoms. The summed E-state index contributed by atoms with van der Waals surface area (Å²) in [6.45, 7) is 5.43. The number of benzene rings is 1. The standard InChI is InChI=1S/C24H22N2O5S2/c1-5-10-31-23(28)20-14(2)25-24-26(21(20)18-7-6-11-32-18)22(27)19(33-24)13-15-12-16(29-3)8-9-17(15)30-4/h5-9,11-13,21H,1,10H2,2-4H3/b19-13+/t21-/m0/s1. The first kappa shape index (κ1) is 22.8. The Morgan fingerprint density at radius 3 is 2.76 bits per heavy atom. The maximum Gasteiger partial charge on any atom is 0.338 e. The number of hydrogen-bond donors (Lipinski definition) is 0. The third kappa shape index (κ3) is 4.29. The molecule has 1 atom stereocenters. The van der Waals surface area contributed by atoms with Crippen LogP contribution in [0.3, 0.4) is 0 Å². The number of rotatable bonds is 7. The Labute approximate surface area is 198 Å². The smallest absolute Gasteiger partial charge is 0.338 e. The largest absolute Gasteiger partial charge is 0.497 e. The summed E-state index contributed by atoms with van der Waals surface area (Å²) < 4.78 is 18.1. The number of esters is 1. The number of thiazole rings is 1. The van der Waals surface area contributed by atoms with Gasteiger partial charge in [-0.3, -0.25) is 9.36 Å². The van der Waals surface area contributed by atoms with Crippen LogP contribution in [0.2, 0.25) is 0 Å². The van der Waals surface area contributed by atoms with Gasteiger partial charge in [-0.05, 0) is 42.6 Å². The Hall–Kier alpha value is -3.43. The fourth-order valence-corrected chi connectivity index (χ4v) is 5.47. The van der Waals surface area contributed by atoms with Crippen LogP contribution >= 0.6 is 22.7 Å². The summed E-state index contributed by atoms with van der Waals surface area (Å²) in [6, 6.07) is 8.55. The van der Waals surface area contributed by atoms with Gasteiger partial charge in [0.15, 0.2) is 4.80 Å². The van der Waals surface area contributed by atoms with E-state index in [1.807, 2.05) is 17.5 Å². The Kier molecular flexibility index (Phi) is 6.62. The van der Waals surface area contributed by atoms with Crippen molar-refractivity contribution in [3.05, 3.63) is 89.8 Å². The quantitative estimate of drug-likeness (QED) is 0.382. The number of hydrogen-bond acceptors (Lipinski definition) is 8. The van der Waals surface area contributed by atoms with Crippen LogP contribution in [-0.2, 0) is 9.53 Å². The van der Waals surface area contributed by atoms with Gasteiger partial charge in [-0.15, -0.1) is 11.3 Å². The number of allylic oxidation sites excluding steroid dienone is 1. The van der Waals surface area contributed by atoms with Gasteiger partial charge in [0.2, 0.25) is 0 Å². The first-order valence-corrected chi connectivity index (χ1v) is 11.7.